The summed E-state index contributed by atoms with van der Waals surface area (Å²) in [7, 11) is 1.76. The first-order valence-electron chi connectivity index (χ1n) is 4.10. The Balaban J connectivity index is 2.14. The monoisotopic (exact) mass is 191 g/mol. The van der Waals surface area contributed by atoms with E-state index in [0.29, 0.717) is 18.5 Å². The molecule has 0 amide bonds. The van der Waals surface area contributed by atoms with Crippen molar-refractivity contribution in [2.75, 3.05) is 0 Å². The number of nitrogens with zero attached hydrogens (tertiary/aromatic N) is 5. The second kappa shape index (κ2) is 3.41. The molecule has 6 nitrogen and oxygen atoms in total. The van der Waals surface area contributed by atoms with Gasteiger partial charge in [0.25, 0.3) is 0 Å². The summed E-state index contributed by atoms with van der Waals surface area (Å²) in [6.07, 6.45) is 5.66. The van der Waals surface area contributed by atoms with Crippen LogP contribution < -0.4 is 0 Å². The first kappa shape index (κ1) is 8.61. The predicted molar refractivity (Wildman–Crippen MR) is 47.7 cm³/mol. The van der Waals surface area contributed by atoms with Crippen LogP contribution in [0.2, 0.25) is 0 Å². The van der Waals surface area contributed by atoms with Crippen LogP contribution in [0, 0.1) is 0 Å². The van der Waals surface area contributed by atoms with E-state index in [0.717, 1.165) is 5.69 Å². The zero-order valence-corrected chi connectivity index (χ0v) is 7.66. The lowest BCUT2D eigenvalue weighted by atomic mass is 10.4. The Bertz CT molecular complexity index is 444. The van der Waals surface area contributed by atoms with Gasteiger partial charge >= 0.3 is 0 Å². The molecule has 0 atom stereocenters. The Morgan fingerprint density at radius 3 is 3.00 bits per heavy atom. The molecule has 0 aliphatic heterocycles. The maximum atomic E-state index is 10.4. The van der Waals surface area contributed by atoms with Gasteiger partial charge in [-0.05, 0) is 0 Å². The molecule has 0 saturated heterocycles. The van der Waals surface area contributed by atoms with Crippen LogP contribution in [-0.4, -0.2) is 30.8 Å². The van der Waals surface area contributed by atoms with Crippen molar-refractivity contribution in [2.45, 2.75) is 6.54 Å². The summed E-state index contributed by atoms with van der Waals surface area (Å²) in [5.41, 5.74) is 1.26. The minimum absolute atomic E-state index is 0.425. The molecular weight excluding hydrogens is 182 g/mol. The van der Waals surface area contributed by atoms with Gasteiger partial charge in [0.15, 0.2) is 6.29 Å². The van der Waals surface area contributed by atoms with Crippen LogP contribution in [0.1, 0.15) is 16.2 Å². The van der Waals surface area contributed by atoms with Crippen molar-refractivity contribution in [3.63, 3.8) is 0 Å². The van der Waals surface area contributed by atoms with E-state index in [1.165, 1.54) is 4.80 Å². The molecule has 6 heteroatoms. The van der Waals surface area contributed by atoms with E-state index < -0.39 is 0 Å². The summed E-state index contributed by atoms with van der Waals surface area (Å²) in [5.74, 6) is 0. The Labute approximate surface area is 80.2 Å². The number of carbonyl (C=O) groups is 1. The Kier molecular flexibility index (Phi) is 2.10. The van der Waals surface area contributed by atoms with E-state index in [9.17, 15) is 4.79 Å². The van der Waals surface area contributed by atoms with Crippen molar-refractivity contribution in [2.24, 2.45) is 7.05 Å². The Morgan fingerprint density at radius 2 is 2.43 bits per heavy atom. The molecule has 14 heavy (non-hydrogen) atoms. The quantitative estimate of drug-likeness (QED) is 0.634. The SMILES string of the molecule is Cn1ncc(Cn2cnc(C=O)c2)n1. The summed E-state index contributed by atoms with van der Waals surface area (Å²) in [6, 6.07) is 0. The van der Waals surface area contributed by atoms with Crippen LogP contribution in [0.25, 0.3) is 0 Å². The van der Waals surface area contributed by atoms with Gasteiger partial charge < -0.3 is 4.57 Å². The van der Waals surface area contributed by atoms with E-state index in [1.807, 2.05) is 0 Å². The van der Waals surface area contributed by atoms with Crippen LogP contribution in [0.15, 0.2) is 18.7 Å². The standard InChI is InChI=1S/C8H9N5O/c1-12-10-2-7(11-12)3-13-4-8(5-14)9-6-13/h2,4-6H,3H2,1H3. The highest BCUT2D eigenvalue weighted by Crippen LogP contribution is 1.98. The molecule has 2 heterocycles. The molecule has 0 aromatic carbocycles. The van der Waals surface area contributed by atoms with E-state index in [1.54, 1.807) is 30.3 Å². The maximum Gasteiger partial charge on any atom is 0.169 e. The third-order valence-electron chi connectivity index (χ3n) is 1.77. The number of hydrogen-bond acceptors (Lipinski definition) is 4. The van der Waals surface area contributed by atoms with Gasteiger partial charge in [-0.3, -0.25) is 4.79 Å². The average molecular weight is 191 g/mol. The number of carbonyl (C=O) groups excluding carboxylic acids is 1. The van der Waals surface area contributed by atoms with Crippen LogP contribution >= 0.6 is 0 Å². The normalized spacial score (nSPS) is 10.4. The minimum atomic E-state index is 0.425. The molecule has 0 unspecified atom stereocenters. The van der Waals surface area contributed by atoms with Gasteiger partial charge in [0.2, 0.25) is 0 Å². The maximum absolute atomic E-state index is 10.4. The topological polar surface area (TPSA) is 65.6 Å². The molecule has 0 fully saturated rings. The van der Waals surface area contributed by atoms with Gasteiger partial charge in [-0.15, -0.1) is 0 Å². The lowest BCUT2D eigenvalue weighted by molar-refractivity contribution is 0.111. The highest BCUT2D eigenvalue weighted by atomic mass is 16.1. The number of imidazole rings is 1. The zero-order chi connectivity index (χ0) is 9.97. The molecule has 0 bridgehead atoms. The third-order valence-corrected chi connectivity index (χ3v) is 1.77. The van der Waals surface area contributed by atoms with Crippen molar-refractivity contribution in [3.8, 4) is 0 Å². The van der Waals surface area contributed by atoms with Crippen LogP contribution in [-0.2, 0) is 13.6 Å². The molecule has 2 aromatic rings. The molecule has 0 N–H and O–H groups in total. The summed E-state index contributed by atoms with van der Waals surface area (Å²) in [5, 5.41) is 8.05. The molecule has 2 aromatic heterocycles. The smallest absolute Gasteiger partial charge is 0.169 e. The second-order valence-electron chi connectivity index (χ2n) is 2.91. The Morgan fingerprint density at radius 1 is 1.57 bits per heavy atom. The fraction of sp³-hybridized carbons (Fsp3) is 0.250. The molecule has 0 saturated carbocycles. The zero-order valence-electron chi connectivity index (χ0n) is 7.66. The van der Waals surface area contributed by atoms with Gasteiger partial charge in [-0.1, -0.05) is 0 Å². The van der Waals surface area contributed by atoms with E-state index >= 15 is 0 Å². The van der Waals surface area contributed by atoms with E-state index in [-0.39, 0.29) is 0 Å². The first-order chi connectivity index (χ1) is 6.78. The molecule has 0 aliphatic carbocycles. The molecule has 0 spiro atoms. The number of rotatable bonds is 3. The highest BCUT2D eigenvalue weighted by molar-refractivity contribution is 5.70. The summed E-state index contributed by atoms with van der Waals surface area (Å²) < 4.78 is 1.79. The van der Waals surface area contributed by atoms with Crippen molar-refractivity contribution in [1.29, 1.82) is 0 Å². The van der Waals surface area contributed by atoms with Gasteiger partial charge in [0.05, 0.1) is 19.1 Å². The van der Waals surface area contributed by atoms with Crippen molar-refractivity contribution in [1.82, 2.24) is 24.5 Å². The van der Waals surface area contributed by atoms with Crippen LogP contribution in [0.4, 0.5) is 0 Å². The average Bonchev–Trinajstić information content (AvgIpc) is 2.76. The largest absolute Gasteiger partial charge is 0.331 e. The van der Waals surface area contributed by atoms with Gasteiger partial charge in [0.1, 0.15) is 11.4 Å². The fourth-order valence-electron chi connectivity index (χ4n) is 1.17. The lowest BCUT2D eigenvalue weighted by Crippen LogP contribution is -1.99. The van der Waals surface area contributed by atoms with Crippen LogP contribution in [0.3, 0.4) is 0 Å². The van der Waals surface area contributed by atoms with E-state index in [4.69, 9.17) is 0 Å². The first-order valence-corrected chi connectivity index (χ1v) is 4.10. The second-order valence-corrected chi connectivity index (χ2v) is 2.91. The fourth-order valence-corrected chi connectivity index (χ4v) is 1.17. The van der Waals surface area contributed by atoms with Crippen molar-refractivity contribution in [3.05, 3.63) is 30.1 Å². The number of aromatic nitrogens is 5. The van der Waals surface area contributed by atoms with Gasteiger partial charge in [-0.25, -0.2) is 4.98 Å². The lowest BCUT2D eigenvalue weighted by Gasteiger charge is -1.95. The molecule has 0 radical (unpaired) electrons. The molecular formula is C8H9N5O. The third kappa shape index (κ3) is 1.68. The van der Waals surface area contributed by atoms with E-state index in [2.05, 4.69) is 15.2 Å². The molecule has 72 valence electrons. The summed E-state index contributed by atoms with van der Waals surface area (Å²) in [4.78, 5) is 15.7. The number of aryl methyl sites for hydroxylation is 1. The van der Waals surface area contributed by atoms with Gasteiger partial charge in [-0.2, -0.15) is 15.0 Å². The van der Waals surface area contributed by atoms with Crippen molar-refractivity contribution < 1.29 is 4.79 Å². The minimum Gasteiger partial charge on any atom is -0.331 e. The van der Waals surface area contributed by atoms with Gasteiger partial charge in [0, 0.05) is 13.2 Å². The summed E-state index contributed by atoms with van der Waals surface area (Å²) >= 11 is 0. The predicted octanol–water partition coefficient (Wildman–Crippen LogP) is -0.128. The number of hydrogen-bond donors (Lipinski definition) is 0. The highest BCUT2D eigenvalue weighted by Gasteiger charge is 2.01. The van der Waals surface area contributed by atoms with Crippen molar-refractivity contribution >= 4 is 6.29 Å². The molecule has 0 aliphatic rings. The summed E-state index contributed by atoms with van der Waals surface area (Å²) in [6.45, 7) is 0.578. The molecule has 2 rings (SSSR count). The number of aldehydes is 1. The van der Waals surface area contributed by atoms with Crippen LogP contribution in [0.5, 0.6) is 0 Å². The Hall–Kier alpha value is -1.98.